The number of nitrogens with zero attached hydrogens (tertiary/aromatic N) is 3. The largest absolute Gasteiger partial charge is 0.455 e. The molecule has 0 bridgehead atoms. The molecule has 10 nitrogen and oxygen atoms in total. The van der Waals surface area contributed by atoms with Gasteiger partial charge in [-0.05, 0) is 62.7 Å². The van der Waals surface area contributed by atoms with E-state index in [4.69, 9.17) is 16.0 Å². The molecule has 1 atom stereocenters. The van der Waals surface area contributed by atoms with Crippen molar-refractivity contribution in [2.75, 3.05) is 11.6 Å². The predicted octanol–water partition coefficient (Wildman–Crippen LogP) is 4.87. The van der Waals surface area contributed by atoms with E-state index in [1.807, 2.05) is 49.9 Å². The van der Waals surface area contributed by atoms with Crippen molar-refractivity contribution in [2.45, 2.75) is 26.8 Å². The summed E-state index contributed by atoms with van der Waals surface area (Å²) in [6.07, 6.45) is 2.63. The summed E-state index contributed by atoms with van der Waals surface area (Å²) in [6.45, 7) is 5.45. The fourth-order valence-electron chi connectivity index (χ4n) is 4.72. The second-order valence-corrected chi connectivity index (χ2v) is 11.9. The minimum absolute atomic E-state index is 0.0227. The highest BCUT2D eigenvalue weighted by molar-refractivity contribution is 7.89. The van der Waals surface area contributed by atoms with Crippen LogP contribution in [0.5, 0.6) is 0 Å². The van der Waals surface area contributed by atoms with Gasteiger partial charge >= 0.3 is 0 Å². The molecule has 0 saturated carbocycles. The lowest BCUT2D eigenvalue weighted by Crippen LogP contribution is -2.31. The maximum atomic E-state index is 13.6. The van der Waals surface area contributed by atoms with Gasteiger partial charge in [-0.2, -0.15) is 5.10 Å². The zero-order valence-electron chi connectivity index (χ0n) is 22.4. The van der Waals surface area contributed by atoms with E-state index in [-0.39, 0.29) is 22.0 Å². The number of sulfonamides is 1. The van der Waals surface area contributed by atoms with Gasteiger partial charge in [-0.3, -0.25) is 14.3 Å². The molecule has 0 radical (unpaired) electrons. The Labute approximate surface area is 235 Å². The number of aromatic nitrogens is 3. The monoisotopic (exact) mass is 579 g/mol. The Morgan fingerprint density at radius 1 is 1.12 bits per heavy atom. The number of hydrogen-bond acceptors (Lipinski definition) is 8. The molecule has 0 aliphatic rings. The molecule has 5 aromatic rings. The molecule has 40 heavy (non-hydrogen) atoms. The van der Waals surface area contributed by atoms with Crippen molar-refractivity contribution in [3.63, 3.8) is 0 Å². The van der Waals surface area contributed by atoms with Gasteiger partial charge in [0.15, 0.2) is 11.1 Å². The van der Waals surface area contributed by atoms with E-state index in [1.54, 1.807) is 23.9 Å². The number of anilines is 1. The summed E-state index contributed by atoms with van der Waals surface area (Å²) < 4.78 is 33.5. The Kier molecular flexibility index (Phi) is 6.89. The maximum absolute atomic E-state index is 13.6. The van der Waals surface area contributed by atoms with Gasteiger partial charge < -0.3 is 9.73 Å². The number of benzene rings is 2. The molecule has 1 amide bonds. The summed E-state index contributed by atoms with van der Waals surface area (Å²) >= 11 is 6.01. The summed E-state index contributed by atoms with van der Waals surface area (Å²) in [5, 5.41) is 8.87. The molecular weight excluding hydrogens is 554 g/mol. The molecular formula is C28H26ClN5O5S. The molecule has 3 aromatic heterocycles. The smallest absolute Gasteiger partial charge is 0.285 e. The van der Waals surface area contributed by atoms with Crippen LogP contribution >= 0.6 is 11.6 Å². The molecule has 1 unspecified atom stereocenters. The van der Waals surface area contributed by atoms with Crippen LogP contribution in [0.25, 0.3) is 33.2 Å². The van der Waals surface area contributed by atoms with Crippen molar-refractivity contribution in [2.24, 2.45) is 7.05 Å². The highest BCUT2D eigenvalue weighted by atomic mass is 35.5. The van der Waals surface area contributed by atoms with Crippen LogP contribution in [0.4, 0.5) is 5.69 Å². The Morgan fingerprint density at radius 3 is 2.60 bits per heavy atom. The molecule has 0 aliphatic carbocycles. The first kappa shape index (κ1) is 27.4. The molecule has 206 valence electrons. The quantitative estimate of drug-likeness (QED) is 0.272. The molecule has 2 aromatic carbocycles. The Morgan fingerprint density at radius 2 is 1.88 bits per heavy atom. The van der Waals surface area contributed by atoms with Crippen LogP contribution in [0.3, 0.4) is 0 Å². The molecule has 0 spiro atoms. The van der Waals surface area contributed by atoms with Gasteiger partial charge in [-0.15, -0.1) is 0 Å². The standard InChI is InChI=1S/C28H26ClN5O5S/c1-14-10-19(16(3)31-21-7-9-23(29)32-24(21)28(36)33-40(5,37)38)27-20(11-14)25(35)15(2)26(39-27)17-6-8-22-18(12-17)13-30-34(22)4/h6-13,16,31H,1-5H3,(H,33,36). The van der Waals surface area contributed by atoms with Gasteiger partial charge in [0.1, 0.15) is 16.5 Å². The maximum Gasteiger partial charge on any atom is 0.285 e. The van der Waals surface area contributed by atoms with Gasteiger partial charge in [0, 0.05) is 29.1 Å². The van der Waals surface area contributed by atoms with Gasteiger partial charge in [0.25, 0.3) is 5.91 Å². The van der Waals surface area contributed by atoms with E-state index < -0.39 is 22.0 Å². The predicted molar refractivity (Wildman–Crippen MR) is 155 cm³/mol. The van der Waals surface area contributed by atoms with Crippen LogP contribution in [0.1, 0.15) is 40.1 Å². The number of halogens is 1. The van der Waals surface area contributed by atoms with Crippen LogP contribution in [0, 0.1) is 13.8 Å². The zero-order chi connectivity index (χ0) is 28.9. The third-order valence-corrected chi connectivity index (χ3v) is 7.36. The second kappa shape index (κ2) is 10.1. The first-order valence-electron chi connectivity index (χ1n) is 12.3. The number of hydrogen-bond donors (Lipinski definition) is 2. The average molecular weight is 580 g/mol. The summed E-state index contributed by atoms with van der Waals surface area (Å²) in [6, 6.07) is 12.0. The van der Waals surface area contributed by atoms with Crippen molar-refractivity contribution < 1.29 is 17.6 Å². The van der Waals surface area contributed by atoms with E-state index >= 15 is 0 Å². The van der Waals surface area contributed by atoms with Gasteiger partial charge in [0.05, 0.1) is 35.1 Å². The van der Waals surface area contributed by atoms with Crippen LogP contribution in [-0.2, 0) is 17.1 Å². The van der Waals surface area contributed by atoms with E-state index in [0.717, 1.165) is 28.3 Å². The summed E-state index contributed by atoms with van der Waals surface area (Å²) in [7, 11) is -1.97. The molecule has 2 N–H and O–H groups in total. The molecule has 0 fully saturated rings. The second-order valence-electron chi connectivity index (χ2n) is 9.76. The number of amides is 1. The number of aryl methyl sites for hydroxylation is 2. The van der Waals surface area contributed by atoms with E-state index in [2.05, 4.69) is 15.4 Å². The Hall–Kier alpha value is -4.22. The zero-order valence-corrected chi connectivity index (χ0v) is 23.9. The van der Waals surface area contributed by atoms with Crippen LogP contribution in [0.15, 0.2) is 57.9 Å². The van der Waals surface area contributed by atoms with Crippen molar-refractivity contribution in [1.82, 2.24) is 19.5 Å². The minimum Gasteiger partial charge on any atom is -0.455 e. The molecule has 3 heterocycles. The third kappa shape index (κ3) is 5.17. The van der Waals surface area contributed by atoms with Crippen molar-refractivity contribution in [3.05, 3.63) is 86.4 Å². The molecule has 12 heteroatoms. The third-order valence-electron chi connectivity index (χ3n) is 6.59. The lowest BCUT2D eigenvalue weighted by Gasteiger charge is -2.20. The number of fused-ring (bicyclic) bond motifs is 2. The topological polar surface area (TPSA) is 136 Å². The lowest BCUT2D eigenvalue weighted by molar-refractivity contribution is 0.0977. The molecule has 0 saturated heterocycles. The fraction of sp³-hybridized carbons (Fsp3) is 0.214. The lowest BCUT2D eigenvalue weighted by atomic mass is 9.98. The highest BCUT2D eigenvalue weighted by Gasteiger charge is 2.22. The fourth-order valence-corrected chi connectivity index (χ4v) is 5.30. The minimum atomic E-state index is -3.83. The van der Waals surface area contributed by atoms with Gasteiger partial charge in [-0.1, -0.05) is 17.7 Å². The van der Waals surface area contributed by atoms with Crippen molar-refractivity contribution >= 4 is 55.1 Å². The van der Waals surface area contributed by atoms with Crippen LogP contribution in [0.2, 0.25) is 5.15 Å². The summed E-state index contributed by atoms with van der Waals surface area (Å²) in [5.41, 5.74) is 3.99. The summed E-state index contributed by atoms with van der Waals surface area (Å²) in [4.78, 5) is 30.3. The average Bonchev–Trinajstić information content (AvgIpc) is 3.25. The first-order chi connectivity index (χ1) is 18.8. The number of nitrogens with one attached hydrogen (secondary N) is 2. The van der Waals surface area contributed by atoms with E-state index in [1.165, 1.54) is 12.1 Å². The van der Waals surface area contributed by atoms with Crippen molar-refractivity contribution in [3.8, 4) is 11.3 Å². The SMILES string of the molecule is Cc1cc(C(C)Nc2ccc(Cl)nc2C(=O)NS(C)(=O)=O)c2oc(-c3ccc4c(cnn4C)c3)c(C)c(=O)c2c1. The van der Waals surface area contributed by atoms with E-state index in [0.29, 0.717) is 27.9 Å². The summed E-state index contributed by atoms with van der Waals surface area (Å²) in [5.74, 6) is -0.481. The van der Waals surface area contributed by atoms with Crippen LogP contribution < -0.4 is 15.5 Å². The van der Waals surface area contributed by atoms with Crippen molar-refractivity contribution in [1.29, 1.82) is 0 Å². The molecule has 0 aliphatic heterocycles. The highest BCUT2D eigenvalue weighted by Crippen LogP contribution is 2.33. The van der Waals surface area contributed by atoms with Gasteiger partial charge in [-0.25, -0.2) is 18.1 Å². The Bertz CT molecular complexity index is 2000. The number of rotatable bonds is 6. The Balaban J connectivity index is 1.63. The van der Waals surface area contributed by atoms with E-state index in [9.17, 15) is 18.0 Å². The number of carbonyl (C=O) groups excluding carboxylic acids is 1. The number of carbonyl (C=O) groups is 1. The van der Waals surface area contributed by atoms with Crippen LogP contribution in [-0.4, -0.2) is 35.3 Å². The first-order valence-corrected chi connectivity index (χ1v) is 14.5. The normalized spacial score (nSPS) is 12.6. The number of pyridine rings is 1. The van der Waals surface area contributed by atoms with Gasteiger partial charge in [0.2, 0.25) is 10.0 Å². The molecule has 5 rings (SSSR count).